The molecule has 0 N–H and O–H groups in total. The van der Waals surface area contributed by atoms with E-state index < -0.39 is 10.4 Å². The van der Waals surface area contributed by atoms with Gasteiger partial charge in [0, 0.05) is 6.42 Å². The molecule has 1 aliphatic rings. The number of ether oxygens (including phenoxy) is 1. The maximum absolute atomic E-state index is 9.22. The van der Waals surface area contributed by atoms with Gasteiger partial charge >= 0.3 is 5.90 Å². The van der Waals surface area contributed by atoms with Crippen LogP contribution in [0.25, 0.3) is 0 Å². The van der Waals surface area contributed by atoms with Gasteiger partial charge in [-0.25, -0.2) is 13.0 Å². The minimum Gasteiger partial charge on any atom is -0.726 e. The predicted octanol–water partition coefficient (Wildman–Crippen LogP) is 0.339. The Morgan fingerprint density at radius 1 is 1.38 bits per heavy atom. The van der Waals surface area contributed by atoms with Gasteiger partial charge in [0.2, 0.25) is 10.4 Å². The summed E-state index contributed by atoms with van der Waals surface area (Å²) >= 11 is 0. The minimum atomic E-state index is -4.41. The van der Waals surface area contributed by atoms with Crippen LogP contribution in [0.2, 0.25) is 0 Å². The van der Waals surface area contributed by atoms with Crippen LogP contribution in [0, 0.1) is 0 Å². The molecule has 1 heterocycles. The van der Waals surface area contributed by atoms with Crippen LogP contribution in [0.3, 0.4) is 0 Å². The van der Waals surface area contributed by atoms with Crippen LogP contribution in [0.15, 0.2) is 0 Å². The van der Waals surface area contributed by atoms with Crippen molar-refractivity contribution >= 4 is 16.3 Å². The van der Waals surface area contributed by atoms with Crippen LogP contribution < -0.4 is 0 Å². The van der Waals surface area contributed by atoms with Crippen LogP contribution in [0.5, 0.6) is 0 Å². The average Bonchev–Trinajstić information content (AvgIpc) is 2.65. The van der Waals surface area contributed by atoms with Gasteiger partial charge in [-0.15, -0.1) is 0 Å². The Kier molecular flexibility index (Phi) is 6.54. The molecule has 0 unspecified atom stereocenters. The second-order valence-corrected chi connectivity index (χ2v) is 4.71. The third-order valence-electron chi connectivity index (χ3n) is 2.17. The summed E-state index contributed by atoms with van der Waals surface area (Å²) in [6.07, 6.45) is 2.37. The Labute approximate surface area is 96.8 Å². The quantitative estimate of drug-likeness (QED) is 0.403. The number of rotatable bonds is 2. The molecule has 0 aromatic carbocycles. The van der Waals surface area contributed by atoms with Crippen molar-refractivity contribution in [2.75, 3.05) is 20.8 Å². The summed E-state index contributed by atoms with van der Waals surface area (Å²) in [6, 6.07) is 0.595. The highest BCUT2D eigenvalue weighted by molar-refractivity contribution is 7.80. The third kappa shape index (κ3) is 6.04. The SMILES string of the molecule is COC1=[N+](C(C)C)CCC1.COS(=O)(=O)[O-]. The second kappa shape index (κ2) is 6.82. The zero-order valence-corrected chi connectivity index (χ0v) is 10.9. The van der Waals surface area contributed by atoms with Crippen LogP contribution >= 0.6 is 0 Å². The van der Waals surface area contributed by atoms with Crippen molar-refractivity contribution in [2.24, 2.45) is 0 Å². The molecule has 0 aromatic heterocycles. The van der Waals surface area contributed by atoms with E-state index in [9.17, 15) is 13.0 Å². The smallest absolute Gasteiger partial charge is 0.336 e. The van der Waals surface area contributed by atoms with E-state index in [1.54, 1.807) is 7.11 Å². The molecule has 0 aliphatic carbocycles. The molecule has 7 heteroatoms. The van der Waals surface area contributed by atoms with E-state index in [4.69, 9.17) is 4.74 Å². The molecule has 16 heavy (non-hydrogen) atoms. The molecule has 0 amide bonds. The fraction of sp³-hybridized carbons (Fsp3) is 0.889. The first kappa shape index (κ1) is 15.3. The van der Waals surface area contributed by atoms with Crippen molar-refractivity contribution in [1.29, 1.82) is 0 Å². The van der Waals surface area contributed by atoms with E-state index in [2.05, 4.69) is 22.6 Å². The Morgan fingerprint density at radius 2 is 1.88 bits per heavy atom. The van der Waals surface area contributed by atoms with Gasteiger partial charge in [0.25, 0.3) is 0 Å². The molecule has 0 saturated heterocycles. The molecule has 6 nitrogen and oxygen atoms in total. The van der Waals surface area contributed by atoms with E-state index in [-0.39, 0.29) is 0 Å². The summed E-state index contributed by atoms with van der Waals surface area (Å²) in [6.45, 7) is 5.56. The fourth-order valence-electron chi connectivity index (χ4n) is 1.43. The number of hydrogen-bond acceptors (Lipinski definition) is 5. The minimum absolute atomic E-state index is 0.595. The van der Waals surface area contributed by atoms with Crippen LogP contribution in [-0.4, -0.2) is 50.3 Å². The summed E-state index contributed by atoms with van der Waals surface area (Å²) < 4.78 is 38.6. The zero-order chi connectivity index (χ0) is 12.8. The van der Waals surface area contributed by atoms with E-state index in [1.165, 1.54) is 13.0 Å². The summed E-state index contributed by atoms with van der Waals surface area (Å²) in [5.74, 6) is 1.16. The molecule has 0 fully saturated rings. The summed E-state index contributed by atoms with van der Waals surface area (Å²) in [4.78, 5) is 0. The van der Waals surface area contributed by atoms with Gasteiger partial charge in [0.1, 0.15) is 6.54 Å². The zero-order valence-electron chi connectivity index (χ0n) is 10.1. The van der Waals surface area contributed by atoms with Crippen molar-refractivity contribution in [1.82, 2.24) is 0 Å². The van der Waals surface area contributed by atoms with E-state index in [0.29, 0.717) is 6.04 Å². The molecular weight excluding hydrogens is 234 g/mol. The number of methoxy groups -OCH3 is 1. The highest BCUT2D eigenvalue weighted by Crippen LogP contribution is 2.07. The first-order valence-corrected chi connectivity index (χ1v) is 6.33. The van der Waals surface area contributed by atoms with Gasteiger partial charge < -0.3 is 9.29 Å². The van der Waals surface area contributed by atoms with Crippen molar-refractivity contribution in [3.63, 3.8) is 0 Å². The molecule has 1 aliphatic heterocycles. The van der Waals surface area contributed by atoms with E-state index in [1.807, 2.05) is 0 Å². The monoisotopic (exact) mass is 253 g/mol. The average molecular weight is 253 g/mol. The second-order valence-electron chi connectivity index (χ2n) is 3.56. The maximum Gasteiger partial charge on any atom is 0.336 e. The van der Waals surface area contributed by atoms with Gasteiger partial charge in [-0.3, -0.25) is 4.18 Å². The molecule has 0 bridgehead atoms. The molecule has 1 rings (SSSR count). The standard InChI is InChI=1S/C8H16NO.CH4O4S/c1-7(2)9-6-4-5-8(9)10-3;1-5-6(2,3)4/h7H,4-6H2,1-3H3;1H3,(H,2,3,4)/q+1;/p-1. The van der Waals surface area contributed by atoms with Crippen LogP contribution in [0.4, 0.5) is 0 Å². The highest BCUT2D eigenvalue weighted by Gasteiger charge is 2.24. The maximum atomic E-state index is 9.22. The van der Waals surface area contributed by atoms with Crippen molar-refractivity contribution in [3.8, 4) is 0 Å². The topological polar surface area (TPSA) is 78.7 Å². The van der Waals surface area contributed by atoms with Crippen molar-refractivity contribution in [2.45, 2.75) is 32.7 Å². The molecule has 0 spiro atoms. The molecule has 0 aromatic rings. The summed E-state index contributed by atoms with van der Waals surface area (Å²) in [7, 11) is -1.84. The number of nitrogens with zero attached hydrogens (tertiary/aromatic N) is 1. The molecular formula is C9H19NO5S. The first-order chi connectivity index (χ1) is 7.31. The Bertz CT molecular complexity index is 334. The Morgan fingerprint density at radius 3 is 2.12 bits per heavy atom. The third-order valence-corrected chi connectivity index (χ3v) is 2.58. The van der Waals surface area contributed by atoms with Crippen molar-refractivity contribution < 1.29 is 26.5 Å². The lowest BCUT2D eigenvalue weighted by Gasteiger charge is -2.03. The lowest BCUT2D eigenvalue weighted by molar-refractivity contribution is -0.558. The van der Waals surface area contributed by atoms with Gasteiger partial charge in [0.15, 0.2) is 6.04 Å². The fourth-order valence-corrected chi connectivity index (χ4v) is 1.43. The Hall–Kier alpha value is -0.660. The normalized spacial score (nSPS) is 16.1. The van der Waals surface area contributed by atoms with Gasteiger partial charge in [-0.1, -0.05) is 0 Å². The predicted molar refractivity (Wildman–Crippen MR) is 58.2 cm³/mol. The van der Waals surface area contributed by atoms with Crippen LogP contribution in [-0.2, 0) is 19.3 Å². The molecule has 0 saturated carbocycles. The van der Waals surface area contributed by atoms with Crippen molar-refractivity contribution in [3.05, 3.63) is 0 Å². The lowest BCUT2D eigenvalue weighted by atomic mass is 10.3. The van der Waals surface area contributed by atoms with Crippen LogP contribution in [0.1, 0.15) is 26.7 Å². The molecule has 96 valence electrons. The van der Waals surface area contributed by atoms with E-state index >= 15 is 0 Å². The van der Waals surface area contributed by atoms with Gasteiger partial charge in [-0.05, 0) is 13.8 Å². The Balaban J connectivity index is 0.000000325. The summed E-state index contributed by atoms with van der Waals surface area (Å²) in [5, 5.41) is 0. The van der Waals surface area contributed by atoms with Gasteiger partial charge in [0.05, 0.1) is 20.6 Å². The van der Waals surface area contributed by atoms with E-state index in [0.717, 1.165) is 19.4 Å². The highest BCUT2D eigenvalue weighted by atomic mass is 32.3. The number of hydrogen-bond donors (Lipinski definition) is 0. The molecule has 0 atom stereocenters. The lowest BCUT2D eigenvalue weighted by Crippen LogP contribution is -2.23. The molecule has 0 radical (unpaired) electrons. The summed E-state index contributed by atoms with van der Waals surface area (Å²) in [5.41, 5.74) is 0. The van der Waals surface area contributed by atoms with Gasteiger partial charge in [-0.2, -0.15) is 0 Å². The largest absolute Gasteiger partial charge is 0.726 e. The first-order valence-electron chi connectivity index (χ1n) is 4.99.